The first-order chi connectivity index (χ1) is 8.38. The lowest BCUT2D eigenvalue weighted by Gasteiger charge is -2.31. The van der Waals surface area contributed by atoms with Crippen LogP contribution >= 0.6 is 15.9 Å². The largest absolute Gasteiger partial charge is 0.377 e. The third-order valence-corrected chi connectivity index (χ3v) is 3.27. The predicted molar refractivity (Wildman–Crippen MR) is 70.1 cm³/mol. The lowest BCUT2D eigenvalue weighted by molar-refractivity contribution is 0.0136. The van der Waals surface area contributed by atoms with Gasteiger partial charge >= 0.3 is 0 Å². The molecule has 1 aliphatic heterocycles. The highest BCUT2D eigenvalue weighted by Gasteiger charge is 2.19. The van der Waals surface area contributed by atoms with Crippen LogP contribution in [-0.4, -0.2) is 46.0 Å². The van der Waals surface area contributed by atoms with Crippen molar-refractivity contribution in [2.45, 2.75) is 25.5 Å². The molecular formula is C12H18BrN3O. The molecule has 5 heteroatoms. The molecule has 1 saturated heterocycles. The van der Waals surface area contributed by atoms with Crippen molar-refractivity contribution in [2.24, 2.45) is 0 Å². The molecule has 0 bridgehead atoms. The number of hydrogen-bond donors (Lipinski definition) is 0. The molecule has 0 aromatic carbocycles. The Balaban J connectivity index is 1.72. The van der Waals surface area contributed by atoms with E-state index >= 15 is 0 Å². The summed E-state index contributed by atoms with van der Waals surface area (Å²) in [6, 6.07) is 1.85. The number of halogens is 1. The molecule has 2 rings (SSSR count). The SMILES string of the molecule is BrCCOC1CCN(Cc2ncccn2)CC1. The fourth-order valence-corrected chi connectivity index (χ4v) is 2.24. The van der Waals surface area contributed by atoms with Crippen LogP contribution in [0, 0.1) is 0 Å². The molecule has 0 N–H and O–H groups in total. The quantitative estimate of drug-likeness (QED) is 0.778. The van der Waals surface area contributed by atoms with Crippen LogP contribution in [-0.2, 0) is 11.3 Å². The Morgan fingerprint density at radius 2 is 2.00 bits per heavy atom. The van der Waals surface area contributed by atoms with Crippen LogP contribution in [0.4, 0.5) is 0 Å². The minimum absolute atomic E-state index is 0.431. The van der Waals surface area contributed by atoms with E-state index in [1.165, 1.54) is 0 Å². The Hall–Kier alpha value is -0.520. The van der Waals surface area contributed by atoms with Gasteiger partial charge < -0.3 is 4.74 Å². The van der Waals surface area contributed by atoms with Crippen LogP contribution in [0.5, 0.6) is 0 Å². The predicted octanol–water partition coefficient (Wildman–Crippen LogP) is 1.85. The molecule has 0 amide bonds. The standard InChI is InChI=1S/C12H18BrN3O/c13-4-9-17-11-2-7-16(8-3-11)10-12-14-5-1-6-15-12/h1,5-6,11H,2-4,7-10H2. The molecule has 1 aromatic rings. The maximum Gasteiger partial charge on any atom is 0.142 e. The summed E-state index contributed by atoms with van der Waals surface area (Å²) in [4.78, 5) is 10.9. The molecule has 94 valence electrons. The van der Waals surface area contributed by atoms with Gasteiger partial charge in [-0.1, -0.05) is 15.9 Å². The topological polar surface area (TPSA) is 38.2 Å². The van der Waals surface area contributed by atoms with Gasteiger partial charge in [-0.05, 0) is 18.9 Å². The fraction of sp³-hybridized carbons (Fsp3) is 0.667. The van der Waals surface area contributed by atoms with Gasteiger partial charge in [-0.2, -0.15) is 0 Å². The van der Waals surface area contributed by atoms with Crippen LogP contribution in [0.1, 0.15) is 18.7 Å². The fourth-order valence-electron chi connectivity index (χ4n) is 2.06. The minimum atomic E-state index is 0.431. The van der Waals surface area contributed by atoms with Gasteiger partial charge in [-0.3, -0.25) is 4.90 Å². The van der Waals surface area contributed by atoms with E-state index in [1.54, 1.807) is 12.4 Å². The maximum absolute atomic E-state index is 5.73. The maximum atomic E-state index is 5.73. The molecule has 17 heavy (non-hydrogen) atoms. The first-order valence-corrected chi connectivity index (χ1v) is 7.16. The van der Waals surface area contributed by atoms with Gasteiger partial charge in [-0.25, -0.2) is 9.97 Å². The zero-order chi connectivity index (χ0) is 11.9. The first kappa shape index (κ1) is 12.9. The zero-order valence-corrected chi connectivity index (χ0v) is 11.5. The van der Waals surface area contributed by atoms with E-state index in [2.05, 4.69) is 30.8 Å². The molecule has 2 heterocycles. The summed E-state index contributed by atoms with van der Waals surface area (Å²) >= 11 is 3.38. The Bertz CT molecular complexity index is 315. The summed E-state index contributed by atoms with van der Waals surface area (Å²) in [6.45, 7) is 3.81. The van der Waals surface area contributed by atoms with Crippen molar-refractivity contribution in [3.05, 3.63) is 24.3 Å². The molecule has 1 aromatic heterocycles. The molecule has 0 atom stereocenters. The number of aromatic nitrogens is 2. The van der Waals surface area contributed by atoms with E-state index in [9.17, 15) is 0 Å². The van der Waals surface area contributed by atoms with Crippen LogP contribution in [0.25, 0.3) is 0 Å². The van der Waals surface area contributed by atoms with E-state index in [4.69, 9.17) is 4.74 Å². The highest BCUT2D eigenvalue weighted by molar-refractivity contribution is 9.09. The summed E-state index contributed by atoms with van der Waals surface area (Å²) in [5.41, 5.74) is 0. The summed E-state index contributed by atoms with van der Waals surface area (Å²) in [6.07, 6.45) is 6.25. The summed E-state index contributed by atoms with van der Waals surface area (Å²) in [7, 11) is 0. The Morgan fingerprint density at radius 1 is 1.29 bits per heavy atom. The van der Waals surface area contributed by atoms with Gasteiger partial charge in [0.15, 0.2) is 0 Å². The highest BCUT2D eigenvalue weighted by Crippen LogP contribution is 2.15. The van der Waals surface area contributed by atoms with Gasteiger partial charge in [0.25, 0.3) is 0 Å². The molecule has 0 saturated carbocycles. The van der Waals surface area contributed by atoms with Crippen molar-refractivity contribution in [1.82, 2.24) is 14.9 Å². The first-order valence-electron chi connectivity index (χ1n) is 6.04. The van der Waals surface area contributed by atoms with Crippen LogP contribution in [0.15, 0.2) is 18.5 Å². The molecule has 0 spiro atoms. The minimum Gasteiger partial charge on any atom is -0.377 e. The van der Waals surface area contributed by atoms with Gasteiger partial charge in [0.1, 0.15) is 5.82 Å². The molecule has 1 fully saturated rings. The lowest BCUT2D eigenvalue weighted by Crippen LogP contribution is -2.37. The Labute approximate surface area is 111 Å². The smallest absolute Gasteiger partial charge is 0.142 e. The third kappa shape index (κ3) is 4.33. The molecule has 1 aliphatic rings. The second-order valence-corrected chi connectivity index (χ2v) is 4.99. The summed E-state index contributed by atoms with van der Waals surface area (Å²) < 4.78 is 5.73. The third-order valence-electron chi connectivity index (χ3n) is 2.95. The number of alkyl halides is 1. The van der Waals surface area contributed by atoms with E-state index in [0.29, 0.717) is 6.10 Å². The highest BCUT2D eigenvalue weighted by atomic mass is 79.9. The van der Waals surface area contributed by atoms with E-state index in [1.807, 2.05) is 6.07 Å². The lowest BCUT2D eigenvalue weighted by atomic mass is 10.1. The number of ether oxygens (including phenoxy) is 1. The molecule has 0 radical (unpaired) electrons. The normalized spacial score (nSPS) is 18.4. The van der Waals surface area contributed by atoms with Crippen LogP contribution in [0.2, 0.25) is 0 Å². The van der Waals surface area contributed by atoms with Gasteiger partial charge in [0.2, 0.25) is 0 Å². The molecule has 0 unspecified atom stereocenters. The summed E-state index contributed by atoms with van der Waals surface area (Å²) in [5.74, 6) is 0.910. The van der Waals surface area contributed by atoms with Gasteiger partial charge in [-0.15, -0.1) is 0 Å². The molecule has 0 aliphatic carbocycles. The number of hydrogen-bond acceptors (Lipinski definition) is 4. The average Bonchev–Trinajstić information content (AvgIpc) is 2.39. The Kier molecular flexibility index (Phi) is 5.35. The number of rotatable bonds is 5. The van der Waals surface area contributed by atoms with Crippen molar-refractivity contribution in [2.75, 3.05) is 25.0 Å². The number of nitrogens with zero attached hydrogens (tertiary/aromatic N) is 3. The zero-order valence-electron chi connectivity index (χ0n) is 9.89. The average molecular weight is 300 g/mol. The van der Waals surface area contributed by atoms with Crippen LogP contribution < -0.4 is 0 Å². The van der Waals surface area contributed by atoms with E-state index in [-0.39, 0.29) is 0 Å². The Morgan fingerprint density at radius 3 is 2.65 bits per heavy atom. The van der Waals surface area contributed by atoms with Crippen LogP contribution in [0.3, 0.4) is 0 Å². The summed E-state index contributed by atoms with van der Waals surface area (Å²) in [5, 5.41) is 0.922. The van der Waals surface area contributed by atoms with Gasteiger partial charge in [0, 0.05) is 30.8 Å². The number of piperidine rings is 1. The monoisotopic (exact) mass is 299 g/mol. The second kappa shape index (κ2) is 7.03. The number of likely N-dealkylation sites (tertiary alicyclic amines) is 1. The molecule has 4 nitrogen and oxygen atoms in total. The van der Waals surface area contributed by atoms with E-state index < -0.39 is 0 Å². The molecular weight excluding hydrogens is 282 g/mol. The van der Waals surface area contributed by atoms with Crippen molar-refractivity contribution >= 4 is 15.9 Å². The van der Waals surface area contributed by atoms with Gasteiger partial charge in [0.05, 0.1) is 19.3 Å². The van der Waals surface area contributed by atoms with Crippen molar-refractivity contribution in [3.8, 4) is 0 Å². The van der Waals surface area contributed by atoms with E-state index in [0.717, 1.165) is 50.2 Å². The van der Waals surface area contributed by atoms with Crippen molar-refractivity contribution in [3.63, 3.8) is 0 Å². The van der Waals surface area contributed by atoms with Crippen molar-refractivity contribution < 1.29 is 4.74 Å². The van der Waals surface area contributed by atoms with Crippen molar-refractivity contribution in [1.29, 1.82) is 0 Å². The second-order valence-electron chi connectivity index (χ2n) is 4.20.